The number of nitrogens with zero attached hydrogens (tertiary/aromatic N) is 3. The molecule has 2 fully saturated rings. The summed E-state index contributed by atoms with van der Waals surface area (Å²) in [6.07, 6.45) is 8.38. The summed E-state index contributed by atoms with van der Waals surface area (Å²) in [6, 6.07) is 0. The largest absolute Gasteiger partial charge is 0.319 e. The second-order valence-electron chi connectivity index (χ2n) is 5.41. The second kappa shape index (κ2) is 3.55. The number of hydrogen-bond donors (Lipinski definition) is 1. The summed E-state index contributed by atoms with van der Waals surface area (Å²) in [7, 11) is 1.98. The lowest BCUT2D eigenvalue weighted by Crippen LogP contribution is -2.41. The van der Waals surface area contributed by atoms with Gasteiger partial charge in [-0.25, -0.2) is 4.98 Å². The van der Waals surface area contributed by atoms with Crippen LogP contribution in [0.2, 0.25) is 0 Å². The van der Waals surface area contributed by atoms with Crippen LogP contribution in [0.1, 0.15) is 62.5 Å². The Morgan fingerprint density at radius 2 is 1.94 bits per heavy atom. The SMILES string of the molecule is Cn1nc(C2CC2)nc1C1(N)CCCCC1. The quantitative estimate of drug-likeness (QED) is 0.827. The van der Waals surface area contributed by atoms with Gasteiger partial charge in [0, 0.05) is 13.0 Å². The molecule has 3 rings (SSSR count). The van der Waals surface area contributed by atoms with Crippen LogP contribution >= 0.6 is 0 Å². The van der Waals surface area contributed by atoms with Crippen molar-refractivity contribution in [2.24, 2.45) is 12.8 Å². The first-order valence-electron chi connectivity index (χ1n) is 6.39. The van der Waals surface area contributed by atoms with Crippen LogP contribution in [0.15, 0.2) is 0 Å². The van der Waals surface area contributed by atoms with Gasteiger partial charge in [0.1, 0.15) is 5.82 Å². The molecule has 0 saturated heterocycles. The van der Waals surface area contributed by atoms with E-state index in [1.165, 1.54) is 32.1 Å². The van der Waals surface area contributed by atoms with Crippen LogP contribution in [0.5, 0.6) is 0 Å². The minimum Gasteiger partial charge on any atom is -0.319 e. The van der Waals surface area contributed by atoms with Gasteiger partial charge in [0.25, 0.3) is 0 Å². The Morgan fingerprint density at radius 1 is 1.25 bits per heavy atom. The van der Waals surface area contributed by atoms with Crippen molar-refractivity contribution in [3.63, 3.8) is 0 Å². The van der Waals surface area contributed by atoms with Crippen molar-refractivity contribution in [1.82, 2.24) is 14.8 Å². The van der Waals surface area contributed by atoms with Crippen LogP contribution in [0.4, 0.5) is 0 Å². The van der Waals surface area contributed by atoms with E-state index in [4.69, 9.17) is 10.7 Å². The molecule has 2 N–H and O–H groups in total. The van der Waals surface area contributed by atoms with Gasteiger partial charge in [-0.05, 0) is 25.7 Å². The van der Waals surface area contributed by atoms with Gasteiger partial charge in [-0.3, -0.25) is 4.68 Å². The standard InChI is InChI=1S/C12H20N4/c1-16-11(12(13)7-3-2-4-8-12)14-10(15-16)9-5-6-9/h9H,2-8,13H2,1H3. The number of aryl methyl sites for hydroxylation is 1. The molecule has 0 bridgehead atoms. The minimum atomic E-state index is -0.215. The molecular weight excluding hydrogens is 200 g/mol. The van der Waals surface area contributed by atoms with Crippen molar-refractivity contribution in [3.8, 4) is 0 Å². The van der Waals surface area contributed by atoms with Gasteiger partial charge in [-0.1, -0.05) is 19.3 Å². The zero-order valence-electron chi connectivity index (χ0n) is 9.95. The Hall–Kier alpha value is -0.900. The minimum absolute atomic E-state index is 0.215. The van der Waals surface area contributed by atoms with Crippen LogP contribution in [0.25, 0.3) is 0 Å². The van der Waals surface area contributed by atoms with Crippen molar-refractivity contribution >= 4 is 0 Å². The fraction of sp³-hybridized carbons (Fsp3) is 0.833. The molecule has 0 radical (unpaired) electrons. The first-order valence-corrected chi connectivity index (χ1v) is 6.39. The molecule has 2 aliphatic carbocycles. The Morgan fingerprint density at radius 3 is 2.56 bits per heavy atom. The van der Waals surface area contributed by atoms with E-state index in [0.29, 0.717) is 5.92 Å². The van der Waals surface area contributed by atoms with Gasteiger partial charge in [-0.2, -0.15) is 5.10 Å². The summed E-state index contributed by atoms with van der Waals surface area (Å²) < 4.78 is 1.92. The summed E-state index contributed by atoms with van der Waals surface area (Å²) in [6.45, 7) is 0. The molecule has 0 unspecified atom stereocenters. The van der Waals surface area contributed by atoms with Crippen LogP contribution in [0, 0.1) is 0 Å². The van der Waals surface area contributed by atoms with Crippen LogP contribution in [0.3, 0.4) is 0 Å². The third-order valence-corrected chi connectivity index (χ3v) is 3.91. The average Bonchev–Trinajstić information content (AvgIpc) is 3.03. The van der Waals surface area contributed by atoms with Gasteiger partial charge in [-0.15, -0.1) is 0 Å². The van der Waals surface area contributed by atoms with E-state index >= 15 is 0 Å². The van der Waals surface area contributed by atoms with E-state index in [9.17, 15) is 0 Å². The topological polar surface area (TPSA) is 56.7 Å². The summed E-state index contributed by atoms with van der Waals surface area (Å²) in [4.78, 5) is 4.69. The van der Waals surface area contributed by atoms with E-state index < -0.39 is 0 Å². The van der Waals surface area contributed by atoms with E-state index in [2.05, 4.69) is 5.10 Å². The van der Waals surface area contributed by atoms with Crippen LogP contribution in [-0.2, 0) is 12.6 Å². The van der Waals surface area contributed by atoms with E-state index in [1.54, 1.807) is 0 Å². The Labute approximate surface area is 96.2 Å². The number of rotatable bonds is 2. The molecule has 88 valence electrons. The molecule has 0 amide bonds. The third kappa shape index (κ3) is 1.65. The van der Waals surface area contributed by atoms with E-state index in [0.717, 1.165) is 24.5 Å². The molecule has 0 spiro atoms. The molecular formula is C12H20N4. The lowest BCUT2D eigenvalue weighted by Gasteiger charge is -2.31. The maximum atomic E-state index is 6.49. The average molecular weight is 220 g/mol. The van der Waals surface area contributed by atoms with Crippen LogP contribution < -0.4 is 5.73 Å². The normalized spacial score (nSPS) is 24.6. The van der Waals surface area contributed by atoms with Crippen molar-refractivity contribution < 1.29 is 0 Å². The van der Waals surface area contributed by atoms with Gasteiger partial charge in [0.15, 0.2) is 5.82 Å². The highest BCUT2D eigenvalue weighted by Crippen LogP contribution is 2.40. The molecule has 0 aromatic carbocycles. The molecule has 0 aliphatic heterocycles. The summed E-state index contributed by atoms with van der Waals surface area (Å²) in [5.74, 6) is 2.65. The molecule has 2 aliphatic rings. The number of aromatic nitrogens is 3. The first kappa shape index (κ1) is 10.3. The van der Waals surface area contributed by atoms with Gasteiger partial charge in [0.2, 0.25) is 0 Å². The first-order chi connectivity index (χ1) is 7.69. The van der Waals surface area contributed by atoms with Crippen molar-refractivity contribution in [1.29, 1.82) is 0 Å². The lowest BCUT2D eigenvalue weighted by molar-refractivity contribution is 0.278. The smallest absolute Gasteiger partial charge is 0.154 e. The van der Waals surface area contributed by atoms with Crippen LogP contribution in [-0.4, -0.2) is 14.8 Å². The lowest BCUT2D eigenvalue weighted by atomic mass is 9.82. The number of hydrogen-bond acceptors (Lipinski definition) is 3. The zero-order chi connectivity index (χ0) is 11.2. The molecule has 1 heterocycles. The highest BCUT2D eigenvalue weighted by atomic mass is 15.3. The highest BCUT2D eigenvalue weighted by Gasteiger charge is 2.36. The van der Waals surface area contributed by atoms with Crippen molar-refractivity contribution in [2.75, 3.05) is 0 Å². The summed E-state index contributed by atoms with van der Waals surface area (Å²) in [5.41, 5.74) is 6.28. The molecule has 0 atom stereocenters. The van der Waals surface area contributed by atoms with E-state index in [-0.39, 0.29) is 5.54 Å². The molecule has 16 heavy (non-hydrogen) atoms. The molecule has 2 saturated carbocycles. The third-order valence-electron chi connectivity index (χ3n) is 3.91. The predicted octanol–water partition coefficient (Wildman–Crippen LogP) is 1.81. The maximum Gasteiger partial charge on any atom is 0.154 e. The summed E-state index contributed by atoms with van der Waals surface area (Å²) in [5, 5.41) is 4.52. The van der Waals surface area contributed by atoms with Gasteiger partial charge < -0.3 is 5.73 Å². The van der Waals surface area contributed by atoms with Crippen molar-refractivity contribution in [2.45, 2.75) is 56.4 Å². The maximum absolute atomic E-state index is 6.49. The van der Waals surface area contributed by atoms with Gasteiger partial charge in [0.05, 0.1) is 5.54 Å². The van der Waals surface area contributed by atoms with Gasteiger partial charge >= 0.3 is 0 Å². The Kier molecular flexibility index (Phi) is 2.28. The fourth-order valence-corrected chi connectivity index (χ4v) is 2.76. The van der Waals surface area contributed by atoms with E-state index in [1.807, 2.05) is 11.7 Å². The molecule has 4 nitrogen and oxygen atoms in total. The second-order valence-corrected chi connectivity index (χ2v) is 5.41. The number of nitrogens with two attached hydrogens (primary N) is 1. The molecule has 1 aromatic rings. The van der Waals surface area contributed by atoms with Crippen molar-refractivity contribution in [3.05, 3.63) is 11.6 Å². The zero-order valence-corrected chi connectivity index (χ0v) is 9.95. The fourth-order valence-electron chi connectivity index (χ4n) is 2.76. The Bertz CT molecular complexity index is 386. The molecule has 1 aromatic heterocycles. The highest BCUT2D eigenvalue weighted by molar-refractivity contribution is 5.12. The summed E-state index contributed by atoms with van der Waals surface area (Å²) >= 11 is 0. The molecule has 4 heteroatoms. The monoisotopic (exact) mass is 220 g/mol. The Balaban J connectivity index is 1.91. The predicted molar refractivity (Wildman–Crippen MR) is 61.9 cm³/mol.